The number of fused-ring (bicyclic) bond motifs is 1. The summed E-state index contributed by atoms with van der Waals surface area (Å²) in [6.07, 6.45) is 4.67. The van der Waals surface area contributed by atoms with Gasteiger partial charge in [0.25, 0.3) is 5.78 Å². The highest BCUT2D eigenvalue weighted by Gasteiger charge is 2.27. The zero-order valence-electron chi connectivity index (χ0n) is 22.5. The lowest BCUT2D eigenvalue weighted by Gasteiger charge is -2.32. The van der Waals surface area contributed by atoms with Crippen LogP contribution >= 0.6 is 0 Å². The molecular weight excluding hydrogens is 480 g/mol. The van der Waals surface area contributed by atoms with E-state index in [0.717, 1.165) is 80.0 Å². The number of benzene rings is 1. The van der Waals surface area contributed by atoms with E-state index in [4.69, 9.17) is 19.4 Å². The molecule has 5 heterocycles. The van der Waals surface area contributed by atoms with Crippen LogP contribution < -0.4 is 9.64 Å². The predicted molar refractivity (Wildman–Crippen MR) is 145 cm³/mol. The zero-order chi connectivity index (χ0) is 26.2. The number of anilines is 1. The maximum Gasteiger partial charge on any atom is 0.253 e. The summed E-state index contributed by atoms with van der Waals surface area (Å²) in [5.74, 6) is 2.95. The van der Waals surface area contributed by atoms with Gasteiger partial charge in [-0.3, -0.25) is 9.88 Å². The Morgan fingerprint density at radius 2 is 1.76 bits per heavy atom. The van der Waals surface area contributed by atoms with E-state index in [-0.39, 0.29) is 6.10 Å². The lowest BCUT2D eigenvalue weighted by Crippen LogP contribution is -2.37. The molecule has 0 spiro atoms. The normalized spacial score (nSPS) is 19.3. The van der Waals surface area contributed by atoms with Crippen LogP contribution in [0.2, 0.25) is 0 Å². The van der Waals surface area contributed by atoms with E-state index in [1.165, 1.54) is 5.56 Å². The molecule has 198 valence electrons. The number of aryl methyl sites for hydroxylation is 3. The largest absolute Gasteiger partial charge is 0.485 e. The molecule has 0 saturated carbocycles. The summed E-state index contributed by atoms with van der Waals surface area (Å²) >= 11 is 0. The highest BCUT2D eigenvalue weighted by molar-refractivity contribution is 5.59. The topological polar surface area (TPSA) is 93.8 Å². The van der Waals surface area contributed by atoms with E-state index in [0.29, 0.717) is 17.6 Å². The van der Waals surface area contributed by atoms with Gasteiger partial charge < -0.3 is 14.4 Å². The zero-order valence-corrected chi connectivity index (χ0v) is 22.5. The van der Waals surface area contributed by atoms with Crippen LogP contribution in [0.15, 0.2) is 36.7 Å². The minimum absolute atomic E-state index is 0.0405. The van der Waals surface area contributed by atoms with Gasteiger partial charge in [0.2, 0.25) is 0 Å². The fraction of sp³-hybridized carbons (Fsp3) is 0.464. The number of aromatic nitrogens is 6. The molecule has 10 nitrogen and oxygen atoms in total. The SMILES string of the molecule is Cc1nc2nc(C)c(O[C@@H]3CCN(c4cnc(-c5ccc([C@@H](C)N6CCOCC6)cc5)cn4)C3)c(C)n2n1. The summed E-state index contributed by atoms with van der Waals surface area (Å²) in [6, 6.07) is 9.05. The van der Waals surface area contributed by atoms with Gasteiger partial charge in [-0.25, -0.2) is 9.97 Å². The molecule has 38 heavy (non-hydrogen) atoms. The lowest BCUT2D eigenvalue weighted by molar-refractivity contribution is 0.0198. The Balaban J connectivity index is 1.10. The molecule has 2 saturated heterocycles. The van der Waals surface area contributed by atoms with Crippen molar-refractivity contribution in [2.24, 2.45) is 0 Å². The number of hydrogen-bond acceptors (Lipinski definition) is 9. The molecule has 2 fully saturated rings. The molecule has 4 aromatic rings. The molecule has 0 amide bonds. The van der Waals surface area contributed by atoms with Crippen molar-refractivity contribution in [2.45, 2.75) is 46.3 Å². The number of rotatable bonds is 6. The van der Waals surface area contributed by atoms with Crippen LogP contribution in [0.25, 0.3) is 17.0 Å². The third-order valence-electron chi connectivity index (χ3n) is 7.61. The average molecular weight is 515 g/mol. The molecular formula is C28H34N8O2. The Bertz CT molecular complexity index is 1410. The van der Waals surface area contributed by atoms with Crippen LogP contribution in [0.5, 0.6) is 5.75 Å². The second-order valence-electron chi connectivity index (χ2n) is 10.2. The minimum atomic E-state index is 0.0405. The van der Waals surface area contributed by atoms with Crippen molar-refractivity contribution in [3.63, 3.8) is 0 Å². The molecule has 0 radical (unpaired) electrons. The molecule has 3 aromatic heterocycles. The van der Waals surface area contributed by atoms with E-state index in [1.807, 2.05) is 33.2 Å². The van der Waals surface area contributed by atoms with Crippen molar-refractivity contribution in [1.29, 1.82) is 0 Å². The second-order valence-corrected chi connectivity index (χ2v) is 10.2. The first-order chi connectivity index (χ1) is 18.5. The number of ether oxygens (including phenoxy) is 2. The minimum Gasteiger partial charge on any atom is -0.485 e. The molecule has 0 unspecified atom stereocenters. The van der Waals surface area contributed by atoms with E-state index >= 15 is 0 Å². The van der Waals surface area contributed by atoms with E-state index in [2.05, 4.69) is 56.1 Å². The van der Waals surface area contributed by atoms with E-state index in [1.54, 1.807) is 4.52 Å². The van der Waals surface area contributed by atoms with Crippen molar-refractivity contribution in [1.82, 2.24) is 34.4 Å². The first-order valence-electron chi connectivity index (χ1n) is 13.3. The molecule has 2 aliphatic rings. The van der Waals surface area contributed by atoms with Gasteiger partial charge in [-0.1, -0.05) is 24.3 Å². The highest BCUT2D eigenvalue weighted by Crippen LogP contribution is 2.28. The molecule has 0 bridgehead atoms. The highest BCUT2D eigenvalue weighted by atomic mass is 16.5. The van der Waals surface area contributed by atoms with Crippen molar-refractivity contribution in [3.8, 4) is 17.0 Å². The summed E-state index contributed by atoms with van der Waals surface area (Å²) in [7, 11) is 0. The molecule has 1 aromatic carbocycles. The van der Waals surface area contributed by atoms with Gasteiger partial charge in [-0.05, 0) is 33.3 Å². The maximum absolute atomic E-state index is 6.42. The van der Waals surface area contributed by atoms with Gasteiger partial charge in [-0.2, -0.15) is 9.50 Å². The van der Waals surface area contributed by atoms with E-state index in [9.17, 15) is 0 Å². The average Bonchev–Trinajstić information content (AvgIpc) is 3.57. The Labute approximate surface area is 222 Å². The molecule has 0 N–H and O–H groups in total. The Morgan fingerprint density at radius 1 is 0.974 bits per heavy atom. The number of nitrogens with zero attached hydrogens (tertiary/aromatic N) is 8. The van der Waals surface area contributed by atoms with Crippen LogP contribution in [0.3, 0.4) is 0 Å². The third-order valence-corrected chi connectivity index (χ3v) is 7.61. The fourth-order valence-electron chi connectivity index (χ4n) is 5.37. The fourth-order valence-corrected chi connectivity index (χ4v) is 5.37. The van der Waals surface area contributed by atoms with Gasteiger partial charge >= 0.3 is 0 Å². The predicted octanol–water partition coefficient (Wildman–Crippen LogP) is 3.56. The standard InChI is InChI=1S/C28H34N8O2/c1-18-27(20(3)36-28(31-18)32-21(4)33-36)38-24-9-10-35(17-24)26-16-29-25(15-30-26)23-7-5-22(6-8-23)19(2)34-11-13-37-14-12-34/h5-8,15-16,19,24H,9-14,17H2,1-4H3/t19-,24-/m1/s1. The van der Waals surface area contributed by atoms with Crippen LogP contribution in [-0.2, 0) is 4.74 Å². The molecule has 2 atom stereocenters. The van der Waals surface area contributed by atoms with Crippen LogP contribution in [0, 0.1) is 20.8 Å². The Morgan fingerprint density at radius 3 is 2.50 bits per heavy atom. The van der Waals surface area contributed by atoms with Crippen molar-refractivity contribution in [3.05, 3.63) is 59.4 Å². The van der Waals surface area contributed by atoms with Crippen LogP contribution in [-0.4, -0.2) is 79.9 Å². The number of morpholine rings is 1. The Hall–Kier alpha value is -3.63. The van der Waals surface area contributed by atoms with Gasteiger partial charge in [0, 0.05) is 37.7 Å². The molecule has 2 aliphatic heterocycles. The lowest BCUT2D eigenvalue weighted by atomic mass is 10.0. The smallest absolute Gasteiger partial charge is 0.253 e. The van der Waals surface area contributed by atoms with Gasteiger partial charge in [0.05, 0.1) is 49.2 Å². The molecule has 6 rings (SSSR count). The summed E-state index contributed by atoms with van der Waals surface area (Å²) in [4.78, 5) is 23.1. The first kappa shape index (κ1) is 24.7. The van der Waals surface area contributed by atoms with Gasteiger partial charge in [-0.15, -0.1) is 5.10 Å². The van der Waals surface area contributed by atoms with Crippen molar-refractivity contribution < 1.29 is 9.47 Å². The van der Waals surface area contributed by atoms with Crippen LogP contribution in [0.4, 0.5) is 5.82 Å². The van der Waals surface area contributed by atoms with Crippen molar-refractivity contribution in [2.75, 3.05) is 44.3 Å². The second kappa shape index (κ2) is 10.3. The summed E-state index contributed by atoms with van der Waals surface area (Å²) in [5.41, 5.74) is 5.00. The summed E-state index contributed by atoms with van der Waals surface area (Å²) in [5, 5.41) is 4.45. The summed E-state index contributed by atoms with van der Waals surface area (Å²) in [6.45, 7) is 13.3. The van der Waals surface area contributed by atoms with Gasteiger partial charge in [0.15, 0.2) is 5.75 Å². The number of hydrogen-bond donors (Lipinski definition) is 0. The molecule has 0 aliphatic carbocycles. The third kappa shape index (κ3) is 4.81. The van der Waals surface area contributed by atoms with Crippen molar-refractivity contribution >= 4 is 11.6 Å². The molecule has 10 heteroatoms. The quantitative estimate of drug-likeness (QED) is 0.383. The maximum atomic E-state index is 6.42. The first-order valence-corrected chi connectivity index (χ1v) is 13.3. The van der Waals surface area contributed by atoms with E-state index < -0.39 is 0 Å². The van der Waals surface area contributed by atoms with Crippen LogP contribution in [0.1, 0.15) is 42.2 Å². The Kier molecular flexibility index (Phi) is 6.67. The summed E-state index contributed by atoms with van der Waals surface area (Å²) < 4.78 is 13.7. The monoisotopic (exact) mass is 514 g/mol. The van der Waals surface area contributed by atoms with Gasteiger partial charge in [0.1, 0.15) is 17.7 Å².